The van der Waals surface area contributed by atoms with Crippen molar-refractivity contribution >= 4 is 15.9 Å². The normalized spacial score (nSPS) is 10.6. The third kappa shape index (κ3) is 2.34. The maximum atomic E-state index is 14.0. The summed E-state index contributed by atoms with van der Waals surface area (Å²) in [7, 11) is 0. The summed E-state index contributed by atoms with van der Waals surface area (Å²) in [4.78, 5) is 0. The van der Waals surface area contributed by atoms with E-state index in [0.717, 1.165) is 10.0 Å². The van der Waals surface area contributed by atoms with Gasteiger partial charge in [0.2, 0.25) is 0 Å². The molecule has 0 atom stereocenters. The lowest BCUT2D eigenvalue weighted by Gasteiger charge is -2.00. The zero-order valence-electron chi connectivity index (χ0n) is 9.94. The van der Waals surface area contributed by atoms with Gasteiger partial charge in [-0.2, -0.15) is 0 Å². The first-order valence-electron chi connectivity index (χ1n) is 5.85. The van der Waals surface area contributed by atoms with Crippen molar-refractivity contribution in [1.29, 1.82) is 0 Å². The number of furan rings is 1. The van der Waals surface area contributed by atoms with Crippen LogP contribution in [0, 0.1) is 5.82 Å². The maximum absolute atomic E-state index is 14.0. The van der Waals surface area contributed by atoms with E-state index in [-0.39, 0.29) is 11.6 Å². The van der Waals surface area contributed by atoms with Crippen LogP contribution in [0.5, 0.6) is 0 Å². The summed E-state index contributed by atoms with van der Waals surface area (Å²) >= 11 is 3.41. The van der Waals surface area contributed by atoms with Crippen LogP contribution in [0.2, 0.25) is 0 Å². The lowest BCUT2D eigenvalue weighted by molar-refractivity contribution is 0.557. The van der Waals surface area contributed by atoms with Gasteiger partial charge < -0.3 is 4.42 Å². The van der Waals surface area contributed by atoms with Crippen LogP contribution in [0.25, 0.3) is 22.6 Å². The third-order valence-electron chi connectivity index (χ3n) is 2.86. The minimum atomic E-state index is -0.356. The highest BCUT2D eigenvalue weighted by molar-refractivity contribution is 9.10. The van der Waals surface area contributed by atoms with Crippen molar-refractivity contribution in [3.8, 4) is 22.6 Å². The molecule has 0 fully saturated rings. The molecule has 0 aliphatic carbocycles. The molecule has 0 saturated heterocycles. The van der Waals surface area contributed by atoms with Gasteiger partial charge in [-0.15, -0.1) is 0 Å². The largest absolute Gasteiger partial charge is 0.453 e. The summed E-state index contributed by atoms with van der Waals surface area (Å²) in [5, 5.41) is 0. The van der Waals surface area contributed by atoms with Crippen molar-refractivity contribution in [1.82, 2.24) is 0 Å². The summed E-state index contributed by atoms with van der Waals surface area (Å²) in [5.41, 5.74) is 1.57. The van der Waals surface area contributed by atoms with Crippen molar-refractivity contribution in [3.63, 3.8) is 0 Å². The molecule has 0 radical (unpaired) electrons. The zero-order chi connectivity index (χ0) is 13.2. The second-order valence-electron chi connectivity index (χ2n) is 4.13. The van der Waals surface area contributed by atoms with E-state index in [4.69, 9.17) is 4.42 Å². The quantitative estimate of drug-likeness (QED) is 0.607. The van der Waals surface area contributed by atoms with E-state index in [1.807, 2.05) is 54.6 Å². The van der Waals surface area contributed by atoms with E-state index in [1.165, 1.54) is 6.07 Å². The number of hydrogen-bond acceptors (Lipinski definition) is 1. The van der Waals surface area contributed by atoms with Crippen LogP contribution >= 0.6 is 15.9 Å². The van der Waals surface area contributed by atoms with E-state index in [1.54, 1.807) is 0 Å². The molecule has 94 valence electrons. The fraction of sp³-hybridized carbons (Fsp3) is 0. The van der Waals surface area contributed by atoms with E-state index in [9.17, 15) is 4.39 Å². The Morgan fingerprint density at radius 2 is 1.58 bits per heavy atom. The monoisotopic (exact) mass is 316 g/mol. The summed E-state index contributed by atoms with van der Waals surface area (Å²) in [6.07, 6.45) is 0. The minimum Gasteiger partial charge on any atom is -0.453 e. The highest BCUT2D eigenvalue weighted by Gasteiger charge is 2.15. The van der Waals surface area contributed by atoms with Crippen LogP contribution in [0.1, 0.15) is 0 Å². The molecule has 0 saturated carbocycles. The molecule has 2 aromatic carbocycles. The van der Waals surface area contributed by atoms with Crippen LogP contribution in [0.3, 0.4) is 0 Å². The Morgan fingerprint density at radius 1 is 0.895 bits per heavy atom. The minimum absolute atomic E-state index is 0.256. The molecule has 1 heterocycles. The molecule has 3 aromatic rings. The Morgan fingerprint density at radius 3 is 2.32 bits per heavy atom. The van der Waals surface area contributed by atoms with Gasteiger partial charge in [0.15, 0.2) is 11.6 Å². The highest BCUT2D eigenvalue weighted by Crippen LogP contribution is 2.35. The Kier molecular flexibility index (Phi) is 3.22. The molecule has 3 rings (SSSR count). The SMILES string of the molecule is Fc1cc(-c2ccccc2)oc1-c1ccccc1Br. The maximum Gasteiger partial charge on any atom is 0.171 e. The van der Waals surface area contributed by atoms with Crippen molar-refractivity contribution < 1.29 is 8.81 Å². The first kappa shape index (κ1) is 12.2. The van der Waals surface area contributed by atoms with Gasteiger partial charge >= 0.3 is 0 Å². The average Bonchev–Trinajstić information content (AvgIpc) is 2.82. The van der Waals surface area contributed by atoms with Crippen molar-refractivity contribution in [2.75, 3.05) is 0 Å². The topological polar surface area (TPSA) is 13.1 Å². The Balaban J connectivity index is 2.11. The summed E-state index contributed by atoms with van der Waals surface area (Å²) in [6, 6.07) is 18.3. The molecule has 0 spiro atoms. The Labute approximate surface area is 118 Å². The molecule has 1 nitrogen and oxygen atoms in total. The van der Waals surface area contributed by atoms with Gasteiger partial charge in [-0.1, -0.05) is 58.4 Å². The van der Waals surface area contributed by atoms with E-state index >= 15 is 0 Å². The van der Waals surface area contributed by atoms with Gasteiger partial charge in [-0.05, 0) is 12.1 Å². The molecule has 0 aliphatic heterocycles. The summed E-state index contributed by atoms with van der Waals surface area (Å²) < 4.78 is 20.5. The van der Waals surface area contributed by atoms with Gasteiger partial charge in [-0.25, -0.2) is 4.39 Å². The zero-order valence-corrected chi connectivity index (χ0v) is 11.5. The molecule has 0 bridgehead atoms. The number of rotatable bonds is 2. The molecular weight excluding hydrogens is 307 g/mol. The second-order valence-corrected chi connectivity index (χ2v) is 4.99. The third-order valence-corrected chi connectivity index (χ3v) is 3.56. The Hall–Kier alpha value is -1.87. The molecule has 3 heteroatoms. The Bertz CT molecular complexity index is 704. The van der Waals surface area contributed by atoms with Crippen LogP contribution in [-0.4, -0.2) is 0 Å². The van der Waals surface area contributed by atoms with Gasteiger partial charge in [0.25, 0.3) is 0 Å². The summed E-state index contributed by atoms with van der Waals surface area (Å²) in [6.45, 7) is 0. The fourth-order valence-corrected chi connectivity index (χ4v) is 2.41. The average molecular weight is 317 g/mol. The molecule has 0 unspecified atom stereocenters. The molecule has 19 heavy (non-hydrogen) atoms. The lowest BCUT2D eigenvalue weighted by atomic mass is 10.1. The van der Waals surface area contributed by atoms with E-state index in [2.05, 4.69) is 15.9 Å². The highest BCUT2D eigenvalue weighted by atomic mass is 79.9. The van der Waals surface area contributed by atoms with Gasteiger partial charge in [0, 0.05) is 21.7 Å². The molecule has 1 aromatic heterocycles. The molecular formula is C16H10BrFO. The van der Waals surface area contributed by atoms with Gasteiger partial charge in [0.05, 0.1) is 0 Å². The van der Waals surface area contributed by atoms with Gasteiger partial charge in [-0.3, -0.25) is 0 Å². The van der Waals surface area contributed by atoms with Crippen molar-refractivity contribution in [2.45, 2.75) is 0 Å². The smallest absolute Gasteiger partial charge is 0.171 e. The van der Waals surface area contributed by atoms with Crippen LogP contribution in [0.4, 0.5) is 4.39 Å². The van der Waals surface area contributed by atoms with E-state index < -0.39 is 0 Å². The predicted molar refractivity (Wildman–Crippen MR) is 77.2 cm³/mol. The van der Waals surface area contributed by atoms with Crippen molar-refractivity contribution in [3.05, 3.63) is 71.0 Å². The van der Waals surface area contributed by atoms with Crippen LogP contribution < -0.4 is 0 Å². The number of hydrogen-bond donors (Lipinski definition) is 0. The first-order chi connectivity index (χ1) is 9.25. The van der Waals surface area contributed by atoms with Gasteiger partial charge in [0.1, 0.15) is 5.76 Å². The molecule has 0 aliphatic rings. The molecule has 0 amide bonds. The summed E-state index contributed by atoms with van der Waals surface area (Å²) in [5.74, 6) is 0.431. The van der Waals surface area contributed by atoms with Crippen LogP contribution in [-0.2, 0) is 0 Å². The van der Waals surface area contributed by atoms with E-state index in [0.29, 0.717) is 11.3 Å². The fourth-order valence-electron chi connectivity index (χ4n) is 1.94. The standard InChI is InChI=1S/C16H10BrFO/c17-13-9-5-4-8-12(13)16-14(18)10-15(19-16)11-6-2-1-3-7-11/h1-10H. The van der Waals surface area contributed by atoms with Crippen molar-refractivity contribution in [2.24, 2.45) is 0 Å². The second kappa shape index (κ2) is 5.02. The number of halogens is 2. The first-order valence-corrected chi connectivity index (χ1v) is 6.64. The number of benzene rings is 2. The predicted octanol–water partition coefficient (Wildman–Crippen LogP) is 5.52. The molecule has 0 N–H and O–H groups in total. The lowest BCUT2D eigenvalue weighted by Crippen LogP contribution is -1.79. The van der Waals surface area contributed by atoms with Crippen LogP contribution in [0.15, 0.2) is 69.6 Å².